The summed E-state index contributed by atoms with van der Waals surface area (Å²) < 4.78 is 16.6. The number of anilines is 2. The van der Waals surface area contributed by atoms with Gasteiger partial charge in [0, 0.05) is 45.1 Å². The minimum Gasteiger partial charge on any atom is -0.367 e. The van der Waals surface area contributed by atoms with Crippen LogP contribution in [-0.4, -0.2) is 46.8 Å². The molecule has 35 heavy (non-hydrogen) atoms. The van der Waals surface area contributed by atoms with Gasteiger partial charge in [-0.25, -0.2) is 4.39 Å². The lowest BCUT2D eigenvalue weighted by atomic mass is 9.96. The predicted molar refractivity (Wildman–Crippen MR) is 136 cm³/mol. The molecule has 5 rings (SSSR count). The molecule has 0 aliphatic carbocycles. The van der Waals surface area contributed by atoms with Crippen molar-refractivity contribution in [1.82, 2.24) is 14.7 Å². The van der Waals surface area contributed by atoms with Gasteiger partial charge in [0.25, 0.3) is 5.91 Å². The third-order valence-electron chi connectivity index (χ3n) is 6.51. The number of halogens is 1. The molecule has 0 bridgehead atoms. The largest absolute Gasteiger partial charge is 0.367 e. The lowest BCUT2D eigenvalue weighted by Crippen LogP contribution is -2.48. The second-order valence-electron chi connectivity index (χ2n) is 8.71. The highest BCUT2D eigenvalue weighted by Crippen LogP contribution is 2.31. The predicted octanol–water partition coefficient (Wildman–Crippen LogP) is 4.72. The second kappa shape index (κ2) is 10.1. The Morgan fingerprint density at radius 1 is 0.886 bits per heavy atom. The van der Waals surface area contributed by atoms with E-state index in [0.29, 0.717) is 30.2 Å². The van der Waals surface area contributed by atoms with E-state index in [9.17, 15) is 4.79 Å². The zero-order valence-corrected chi connectivity index (χ0v) is 19.6. The number of nitrogens with zero attached hydrogens (tertiary/aromatic N) is 4. The van der Waals surface area contributed by atoms with Crippen LogP contribution >= 0.6 is 0 Å². The molecule has 0 radical (unpaired) electrons. The molecule has 0 unspecified atom stereocenters. The van der Waals surface area contributed by atoms with Crippen molar-refractivity contribution in [2.45, 2.75) is 6.04 Å². The van der Waals surface area contributed by atoms with Crippen LogP contribution in [0.1, 0.15) is 27.7 Å². The molecule has 1 fully saturated rings. The number of carbonyl (C=O) groups excluding carboxylic acids is 1. The fourth-order valence-electron chi connectivity index (χ4n) is 4.74. The summed E-state index contributed by atoms with van der Waals surface area (Å²) in [6.07, 6.45) is 1.55. The van der Waals surface area contributed by atoms with Crippen LogP contribution in [0.15, 0.2) is 91.1 Å². The summed E-state index contributed by atoms with van der Waals surface area (Å²) in [7, 11) is 1.69. The minimum atomic E-state index is -0.344. The van der Waals surface area contributed by atoms with Gasteiger partial charge in [0.1, 0.15) is 11.5 Å². The summed E-state index contributed by atoms with van der Waals surface area (Å²) in [5.74, 6) is -0.664. The number of amides is 1. The number of carbonyl (C=O) groups is 1. The molecule has 7 heteroatoms. The summed E-state index contributed by atoms with van der Waals surface area (Å²) in [6, 6.07) is 27.7. The second-order valence-corrected chi connectivity index (χ2v) is 8.71. The van der Waals surface area contributed by atoms with Gasteiger partial charge in [0.15, 0.2) is 0 Å². The maximum absolute atomic E-state index is 15.1. The molecule has 1 aromatic heterocycles. The molecule has 3 aromatic carbocycles. The third kappa shape index (κ3) is 4.95. The van der Waals surface area contributed by atoms with Crippen LogP contribution in [0.3, 0.4) is 0 Å². The first kappa shape index (κ1) is 22.8. The number of piperazine rings is 1. The smallest absolute Gasteiger partial charge is 0.273 e. The van der Waals surface area contributed by atoms with Gasteiger partial charge < -0.3 is 10.2 Å². The van der Waals surface area contributed by atoms with Gasteiger partial charge in [0.2, 0.25) is 0 Å². The number of benzene rings is 3. The standard InChI is InChI=1S/C28H28FN5O/c1-32-26(14-15-30-32)28(35)31-23-12-13-25(24(29)20-23)33-16-18-34(19-17-33)27(21-8-4-2-5-9-21)22-10-6-3-7-11-22/h2-15,20,27H,16-19H2,1H3,(H,31,35). The van der Waals surface area contributed by atoms with E-state index < -0.39 is 0 Å². The summed E-state index contributed by atoms with van der Waals surface area (Å²) >= 11 is 0. The first-order valence-electron chi connectivity index (χ1n) is 11.8. The van der Waals surface area contributed by atoms with Crippen LogP contribution < -0.4 is 10.2 Å². The van der Waals surface area contributed by atoms with Gasteiger partial charge in [-0.2, -0.15) is 5.10 Å². The molecule has 1 amide bonds. The monoisotopic (exact) mass is 469 g/mol. The Morgan fingerprint density at radius 2 is 1.51 bits per heavy atom. The van der Waals surface area contributed by atoms with Gasteiger partial charge in [-0.1, -0.05) is 60.7 Å². The molecular formula is C28H28FN5O. The lowest BCUT2D eigenvalue weighted by Gasteiger charge is -2.40. The lowest BCUT2D eigenvalue weighted by molar-refractivity contribution is 0.101. The zero-order chi connectivity index (χ0) is 24.2. The van der Waals surface area contributed by atoms with Gasteiger partial charge in [-0.15, -0.1) is 0 Å². The molecule has 4 aromatic rings. The summed E-state index contributed by atoms with van der Waals surface area (Å²) in [4.78, 5) is 17.0. The Labute approximate surface area is 204 Å². The van der Waals surface area contributed by atoms with Crippen molar-refractivity contribution in [2.75, 3.05) is 36.4 Å². The highest BCUT2D eigenvalue weighted by Gasteiger charge is 2.27. The molecule has 2 heterocycles. The van der Waals surface area contributed by atoms with E-state index in [1.165, 1.54) is 21.9 Å². The Kier molecular flexibility index (Phi) is 6.59. The van der Waals surface area contributed by atoms with E-state index in [2.05, 4.69) is 68.7 Å². The quantitative estimate of drug-likeness (QED) is 0.444. The minimum absolute atomic E-state index is 0.161. The Bertz CT molecular complexity index is 1240. The number of rotatable bonds is 6. The zero-order valence-electron chi connectivity index (χ0n) is 19.6. The fraction of sp³-hybridized carbons (Fsp3) is 0.214. The maximum atomic E-state index is 15.1. The topological polar surface area (TPSA) is 53.4 Å². The Balaban J connectivity index is 1.28. The van der Waals surface area contributed by atoms with Crippen LogP contribution in [0.4, 0.5) is 15.8 Å². The number of nitrogens with one attached hydrogen (secondary N) is 1. The number of hydrogen-bond acceptors (Lipinski definition) is 4. The number of aromatic nitrogens is 2. The number of aryl methyl sites for hydroxylation is 1. The summed E-state index contributed by atoms with van der Waals surface area (Å²) in [5, 5.41) is 6.75. The van der Waals surface area contributed by atoms with Crippen molar-refractivity contribution in [3.63, 3.8) is 0 Å². The summed E-state index contributed by atoms with van der Waals surface area (Å²) in [6.45, 7) is 3.06. The molecule has 0 atom stereocenters. The maximum Gasteiger partial charge on any atom is 0.273 e. The van der Waals surface area contributed by atoms with E-state index in [4.69, 9.17) is 0 Å². The summed E-state index contributed by atoms with van der Waals surface area (Å²) in [5.41, 5.74) is 3.90. The molecule has 0 saturated carbocycles. The third-order valence-corrected chi connectivity index (χ3v) is 6.51. The van der Waals surface area contributed by atoms with Gasteiger partial charge in [0.05, 0.1) is 11.7 Å². The van der Waals surface area contributed by atoms with Crippen LogP contribution in [0.2, 0.25) is 0 Å². The first-order chi connectivity index (χ1) is 17.1. The van der Waals surface area contributed by atoms with Crippen molar-refractivity contribution in [3.8, 4) is 0 Å². The van der Waals surface area contributed by atoms with Crippen LogP contribution in [-0.2, 0) is 7.05 Å². The molecule has 6 nitrogen and oxygen atoms in total. The highest BCUT2D eigenvalue weighted by molar-refractivity contribution is 6.03. The first-order valence-corrected chi connectivity index (χ1v) is 11.8. The molecule has 178 valence electrons. The van der Waals surface area contributed by atoms with E-state index in [1.807, 2.05) is 12.1 Å². The molecular weight excluding hydrogens is 441 g/mol. The fourth-order valence-corrected chi connectivity index (χ4v) is 4.74. The van der Waals surface area contributed by atoms with E-state index >= 15 is 4.39 Å². The SMILES string of the molecule is Cn1nccc1C(=O)Nc1ccc(N2CCN(C(c3ccccc3)c3ccccc3)CC2)c(F)c1. The van der Waals surface area contributed by atoms with Gasteiger partial charge in [-0.05, 0) is 35.4 Å². The Morgan fingerprint density at radius 3 is 2.06 bits per heavy atom. The molecule has 1 aliphatic rings. The van der Waals surface area contributed by atoms with Crippen molar-refractivity contribution in [2.24, 2.45) is 7.05 Å². The van der Waals surface area contributed by atoms with Gasteiger partial charge >= 0.3 is 0 Å². The molecule has 0 spiro atoms. The van der Waals surface area contributed by atoms with Crippen molar-refractivity contribution < 1.29 is 9.18 Å². The number of hydrogen-bond donors (Lipinski definition) is 1. The van der Waals surface area contributed by atoms with E-state index in [0.717, 1.165) is 13.1 Å². The van der Waals surface area contributed by atoms with E-state index in [-0.39, 0.29) is 17.8 Å². The van der Waals surface area contributed by atoms with Gasteiger partial charge in [-0.3, -0.25) is 14.4 Å². The van der Waals surface area contributed by atoms with E-state index in [1.54, 1.807) is 31.4 Å². The molecule has 1 aliphatic heterocycles. The molecule has 1 saturated heterocycles. The van der Waals surface area contributed by atoms with Crippen LogP contribution in [0.25, 0.3) is 0 Å². The van der Waals surface area contributed by atoms with Crippen LogP contribution in [0, 0.1) is 5.82 Å². The van der Waals surface area contributed by atoms with Crippen LogP contribution in [0.5, 0.6) is 0 Å². The van der Waals surface area contributed by atoms with Crippen molar-refractivity contribution >= 4 is 17.3 Å². The molecule has 1 N–H and O–H groups in total. The highest BCUT2D eigenvalue weighted by atomic mass is 19.1. The van der Waals surface area contributed by atoms with Crippen molar-refractivity contribution in [3.05, 3.63) is 114 Å². The Hall–Kier alpha value is -3.97. The average Bonchev–Trinajstić information content (AvgIpc) is 3.32. The normalized spacial score (nSPS) is 14.3. The average molecular weight is 470 g/mol. The van der Waals surface area contributed by atoms with Crippen molar-refractivity contribution in [1.29, 1.82) is 0 Å².